The van der Waals surface area contributed by atoms with Crippen molar-refractivity contribution in [3.63, 3.8) is 0 Å². The highest BCUT2D eigenvalue weighted by molar-refractivity contribution is 5.68. The summed E-state index contributed by atoms with van der Waals surface area (Å²) in [5.41, 5.74) is -1.74. The molecule has 1 N–H and O–H groups in total. The lowest BCUT2D eigenvalue weighted by Gasteiger charge is -2.33. The highest BCUT2D eigenvalue weighted by Gasteiger charge is 2.35. The Bertz CT molecular complexity index is 903. The number of likely N-dealkylation sites (tertiary alicyclic amines) is 1. The van der Waals surface area contributed by atoms with Crippen LogP contribution in [-0.2, 0) is 10.9 Å². The molecule has 0 spiro atoms. The molecule has 3 heterocycles. The normalized spacial score (nSPS) is 16.7. The van der Waals surface area contributed by atoms with Gasteiger partial charge in [0, 0.05) is 31.1 Å². The van der Waals surface area contributed by atoms with Crippen LogP contribution in [0.5, 0.6) is 0 Å². The number of carbonyl (C=O) groups excluding carboxylic acids is 1. The maximum Gasteiger partial charge on any atom is 0.435 e. The second kappa shape index (κ2) is 6.58. The van der Waals surface area contributed by atoms with Crippen molar-refractivity contribution in [2.45, 2.75) is 51.3 Å². The lowest BCUT2D eigenvalue weighted by Crippen LogP contribution is -2.41. The summed E-state index contributed by atoms with van der Waals surface area (Å²) >= 11 is 0. The first-order chi connectivity index (χ1) is 12.4. The van der Waals surface area contributed by atoms with Gasteiger partial charge in [-0.2, -0.15) is 18.3 Å². The minimum atomic E-state index is -4.60. The zero-order chi connectivity index (χ0) is 20.0. The summed E-state index contributed by atoms with van der Waals surface area (Å²) < 4.78 is 45.3. The van der Waals surface area contributed by atoms with Gasteiger partial charge in [0.15, 0.2) is 5.69 Å². The van der Waals surface area contributed by atoms with Gasteiger partial charge < -0.3 is 14.6 Å². The number of alkyl halides is 3. The number of hydrogen-bond donors (Lipinski definition) is 1. The molecule has 0 unspecified atom stereocenters. The molecular formula is C17H21F3N4O3. The summed E-state index contributed by atoms with van der Waals surface area (Å²) in [6.07, 6.45) is -4.02. The number of halogens is 3. The number of ether oxygens (including phenoxy) is 1. The van der Waals surface area contributed by atoms with Crippen molar-refractivity contribution in [1.82, 2.24) is 19.5 Å². The maximum absolute atomic E-state index is 13.0. The lowest BCUT2D eigenvalue weighted by atomic mass is 9.93. The topological polar surface area (TPSA) is 79.7 Å². The number of carbonyl (C=O) groups is 1. The van der Waals surface area contributed by atoms with Crippen LogP contribution in [0, 0.1) is 0 Å². The first kappa shape index (κ1) is 19.2. The molecule has 1 aliphatic rings. The third kappa shape index (κ3) is 4.25. The van der Waals surface area contributed by atoms with E-state index >= 15 is 0 Å². The molecule has 1 saturated heterocycles. The van der Waals surface area contributed by atoms with E-state index in [1.807, 2.05) is 0 Å². The fourth-order valence-corrected chi connectivity index (χ4v) is 3.14. The van der Waals surface area contributed by atoms with Gasteiger partial charge in [-0.1, -0.05) is 0 Å². The largest absolute Gasteiger partial charge is 0.444 e. The molecule has 1 fully saturated rings. The van der Waals surface area contributed by atoms with Crippen molar-refractivity contribution in [3.8, 4) is 0 Å². The average molecular weight is 386 g/mol. The number of hydrogen-bond acceptors (Lipinski definition) is 4. The summed E-state index contributed by atoms with van der Waals surface area (Å²) in [6, 6.07) is 2.09. The number of nitrogens with zero attached hydrogens (tertiary/aromatic N) is 3. The van der Waals surface area contributed by atoms with Gasteiger partial charge in [-0.05, 0) is 33.6 Å². The number of H-pyrrole nitrogens is 1. The standard InChI is InChI=1S/C17H21F3N4O3/c1-16(2,3)27-15(26)23-6-4-10(5-7-23)11-8-14(25)21-13-9-12(17(18,19)20)22-24(11)13/h8-10H,4-7H2,1-3H3,(H,21,25). The molecule has 7 nitrogen and oxygen atoms in total. The minimum absolute atomic E-state index is 0.000558. The van der Waals surface area contributed by atoms with Gasteiger partial charge in [-0.25, -0.2) is 9.31 Å². The SMILES string of the molecule is CC(C)(C)OC(=O)N1CCC(c2cc(=O)[nH]c3cc(C(F)(F)F)nn23)CC1. The molecular weight excluding hydrogens is 365 g/mol. The number of rotatable bonds is 1. The number of aromatic amines is 1. The molecule has 0 saturated carbocycles. The van der Waals surface area contributed by atoms with Crippen LogP contribution in [0.1, 0.15) is 50.9 Å². The van der Waals surface area contributed by atoms with E-state index in [0.717, 1.165) is 10.6 Å². The molecule has 0 radical (unpaired) electrons. The van der Waals surface area contributed by atoms with E-state index in [9.17, 15) is 22.8 Å². The molecule has 0 aromatic carbocycles. The van der Waals surface area contributed by atoms with E-state index in [0.29, 0.717) is 31.6 Å². The summed E-state index contributed by atoms with van der Waals surface area (Å²) in [5, 5.41) is 3.62. The zero-order valence-electron chi connectivity index (χ0n) is 15.3. The number of aromatic nitrogens is 3. The zero-order valence-corrected chi connectivity index (χ0v) is 15.3. The van der Waals surface area contributed by atoms with Gasteiger partial charge in [0.25, 0.3) is 5.56 Å². The van der Waals surface area contributed by atoms with E-state index in [2.05, 4.69) is 10.1 Å². The molecule has 0 bridgehead atoms. The molecule has 2 aromatic heterocycles. The Balaban J connectivity index is 1.82. The van der Waals surface area contributed by atoms with Crippen LogP contribution in [0.4, 0.5) is 18.0 Å². The average Bonchev–Trinajstić information content (AvgIpc) is 2.96. The van der Waals surface area contributed by atoms with Gasteiger partial charge in [-0.15, -0.1) is 0 Å². The van der Waals surface area contributed by atoms with E-state index in [-0.39, 0.29) is 11.6 Å². The molecule has 1 aliphatic heterocycles. The Morgan fingerprint density at radius 3 is 2.41 bits per heavy atom. The second-order valence-electron chi connectivity index (χ2n) is 7.62. The van der Waals surface area contributed by atoms with Crippen LogP contribution in [0.2, 0.25) is 0 Å². The number of fused-ring (bicyclic) bond motifs is 1. The molecule has 2 aromatic rings. The van der Waals surface area contributed by atoms with Gasteiger partial charge in [-0.3, -0.25) is 4.79 Å². The van der Waals surface area contributed by atoms with Crippen molar-refractivity contribution >= 4 is 11.7 Å². The maximum atomic E-state index is 13.0. The van der Waals surface area contributed by atoms with Crippen molar-refractivity contribution in [2.24, 2.45) is 0 Å². The van der Waals surface area contributed by atoms with Crippen molar-refractivity contribution < 1.29 is 22.7 Å². The third-order valence-corrected chi connectivity index (χ3v) is 4.34. The molecule has 0 atom stereocenters. The van der Waals surface area contributed by atoms with Crippen LogP contribution >= 0.6 is 0 Å². The highest BCUT2D eigenvalue weighted by Crippen LogP contribution is 2.31. The number of piperidine rings is 1. The number of amides is 1. The second-order valence-corrected chi connectivity index (χ2v) is 7.62. The first-order valence-corrected chi connectivity index (χ1v) is 8.62. The van der Waals surface area contributed by atoms with Gasteiger partial charge >= 0.3 is 12.3 Å². The van der Waals surface area contributed by atoms with E-state index in [1.54, 1.807) is 25.7 Å². The van der Waals surface area contributed by atoms with Crippen LogP contribution in [0.15, 0.2) is 16.9 Å². The smallest absolute Gasteiger partial charge is 0.435 e. The molecule has 0 aliphatic carbocycles. The molecule has 27 heavy (non-hydrogen) atoms. The minimum Gasteiger partial charge on any atom is -0.444 e. The summed E-state index contributed by atoms with van der Waals surface area (Å²) in [7, 11) is 0. The highest BCUT2D eigenvalue weighted by atomic mass is 19.4. The Labute approximate surface area is 153 Å². The Hall–Kier alpha value is -2.52. The summed E-state index contributed by atoms with van der Waals surface area (Å²) in [4.78, 5) is 28.0. The van der Waals surface area contributed by atoms with Crippen molar-refractivity contribution in [3.05, 3.63) is 33.9 Å². The summed E-state index contributed by atoms with van der Waals surface area (Å²) in [5.74, 6) is -0.186. The van der Waals surface area contributed by atoms with Crippen LogP contribution in [0.3, 0.4) is 0 Å². The number of nitrogens with one attached hydrogen (secondary N) is 1. The van der Waals surface area contributed by atoms with E-state index < -0.39 is 29.1 Å². The van der Waals surface area contributed by atoms with Gasteiger partial charge in [0.05, 0.1) is 5.69 Å². The fourth-order valence-electron chi connectivity index (χ4n) is 3.14. The molecule has 148 valence electrons. The van der Waals surface area contributed by atoms with Crippen LogP contribution in [0.25, 0.3) is 5.65 Å². The Morgan fingerprint density at radius 1 is 1.22 bits per heavy atom. The first-order valence-electron chi connectivity index (χ1n) is 8.62. The quantitative estimate of drug-likeness (QED) is 0.817. The van der Waals surface area contributed by atoms with Crippen LogP contribution < -0.4 is 5.56 Å². The molecule has 1 amide bonds. The van der Waals surface area contributed by atoms with E-state index in [1.165, 1.54) is 6.07 Å². The van der Waals surface area contributed by atoms with E-state index in [4.69, 9.17) is 4.74 Å². The van der Waals surface area contributed by atoms with Gasteiger partial charge in [0.2, 0.25) is 0 Å². The molecule has 10 heteroatoms. The Morgan fingerprint density at radius 2 is 1.85 bits per heavy atom. The fraction of sp³-hybridized carbons (Fsp3) is 0.588. The molecule has 3 rings (SSSR count). The Kier molecular flexibility index (Phi) is 4.69. The van der Waals surface area contributed by atoms with Crippen LogP contribution in [-0.4, -0.2) is 44.3 Å². The predicted octanol–water partition coefficient (Wildman–Crippen LogP) is 3.16. The third-order valence-electron chi connectivity index (χ3n) is 4.34. The monoisotopic (exact) mass is 386 g/mol. The van der Waals surface area contributed by atoms with Crippen molar-refractivity contribution in [2.75, 3.05) is 13.1 Å². The summed E-state index contributed by atoms with van der Waals surface area (Å²) in [6.45, 7) is 6.12. The predicted molar refractivity (Wildman–Crippen MR) is 90.6 cm³/mol. The van der Waals surface area contributed by atoms with Gasteiger partial charge in [0.1, 0.15) is 11.2 Å². The lowest BCUT2D eigenvalue weighted by molar-refractivity contribution is -0.141. The van der Waals surface area contributed by atoms with Crippen molar-refractivity contribution in [1.29, 1.82) is 0 Å².